The molecule has 0 amide bonds. The molecule has 0 unspecified atom stereocenters. The van der Waals surface area contributed by atoms with Crippen LogP contribution in [0.5, 0.6) is 5.75 Å². The van der Waals surface area contributed by atoms with Crippen molar-refractivity contribution in [2.45, 2.75) is 22.6 Å². The quantitative estimate of drug-likeness (QED) is 0.528. The van der Waals surface area contributed by atoms with E-state index in [0.29, 0.717) is 13.1 Å². The summed E-state index contributed by atoms with van der Waals surface area (Å²) in [6.07, 6.45) is 1.54. The maximum atomic E-state index is 12.6. The molecule has 1 aliphatic heterocycles. The van der Waals surface area contributed by atoms with Gasteiger partial charge in [0.1, 0.15) is 0 Å². The van der Waals surface area contributed by atoms with E-state index in [2.05, 4.69) is 4.72 Å². The fraction of sp³-hybridized carbons (Fsp3) is 0.250. The van der Waals surface area contributed by atoms with E-state index < -0.39 is 41.3 Å². The first kappa shape index (κ1) is 20.0. The van der Waals surface area contributed by atoms with E-state index in [1.807, 2.05) is 0 Å². The number of hydrogen-bond acceptors (Lipinski definition) is 7. The summed E-state index contributed by atoms with van der Waals surface area (Å²) < 4.78 is 53.9. The van der Waals surface area contributed by atoms with Gasteiger partial charge in [0.15, 0.2) is 5.75 Å². The van der Waals surface area contributed by atoms with Gasteiger partial charge in [0, 0.05) is 19.2 Å². The van der Waals surface area contributed by atoms with Crippen molar-refractivity contribution in [2.24, 2.45) is 0 Å². The molecule has 0 bridgehead atoms. The molecule has 1 aliphatic rings. The summed E-state index contributed by atoms with van der Waals surface area (Å²) in [4.78, 5) is 9.50. The molecule has 150 valence electrons. The lowest BCUT2D eigenvalue weighted by Crippen LogP contribution is -2.27. The van der Waals surface area contributed by atoms with Gasteiger partial charge in [-0.3, -0.25) is 14.8 Å². The summed E-state index contributed by atoms with van der Waals surface area (Å²) in [5.41, 5.74) is -0.760. The van der Waals surface area contributed by atoms with Gasteiger partial charge >= 0.3 is 5.69 Å². The van der Waals surface area contributed by atoms with Gasteiger partial charge < -0.3 is 5.11 Å². The fourth-order valence-corrected chi connectivity index (χ4v) is 5.46. The van der Waals surface area contributed by atoms with Crippen molar-refractivity contribution in [1.82, 2.24) is 4.31 Å². The molecule has 12 heteroatoms. The number of aromatic hydroxyl groups is 1. The normalized spacial score (nSPS) is 15.4. The summed E-state index contributed by atoms with van der Waals surface area (Å²) >= 11 is 0. The number of phenolic OH excluding ortho intramolecular Hbond substituents is 1. The summed E-state index contributed by atoms with van der Waals surface area (Å²) in [7, 11) is -7.97. The Morgan fingerprint density at radius 1 is 1.00 bits per heavy atom. The van der Waals surface area contributed by atoms with Crippen molar-refractivity contribution in [3.05, 3.63) is 52.6 Å². The van der Waals surface area contributed by atoms with Crippen LogP contribution in [-0.4, -0.2) is 44.3 Å². The lowest BCUT2D eigenvalue weighted by atomic mass is 10.3. The molecule has 0 aliphatic carbocycles. The highest BCUT2D eigenvalue weighted by molar-refractivity contribution is 7.92. The Labute approximate surface area is 161 Å². The molecule has 1 fully saturated rings. The zero-order valence-electron chi connectivity index (χ0n) is 14.5. The summed E-state index contributed by atoms with van der Waals surface area (Å²) in [5, 5.41) is 20.4. The van der Waals surface area contributed by atoms with Gasteiger partial charge in [0.2, 0.25) is 10.0 Å². The second-order valence-corrected chi connectivity index (χ2v) is 9.77. The van der Waals surface area contributed by atoms with Crippen molar-refractivity contribution in [1.29, 1.82) is 0 Å². The Hall–Kier alpha value is -2.70. The second kappa shape index (κ2) is 7.37. The third-order valence-corrected chi connectivity index (χ3v) is 7.52. The Bertz CT molecular complexity index is 1120. The number of nitrogens with zero attached hydrogens (tertiary/aromatic N) is 2. The summed E-state index contributed by atoms with van der Waals surface area (Å²) in [5.74, 6) is -0.664. The van der Waals surface area contributed by atoms with Gasteiger partial charge in [-0.05, 0) is 43.2 Å². The van der Waals surface area contributed by atoms with E-state index in [4.69, 9.17) is 0 Å². The largest absolute Gasteiger partial charge is 0.502 e. The number of hydrogen-bond donors (Lipinski definition) is 2. The molecule has 28 heavy (non-hydrogen) atoms. The monoisotopic (exact) mass is 427 g/mol. The predicted molar refractivity (Wildman–Crippen MR) is 100 cm³/mol. The molecule has 0 spiro atoms. The zero-order chi connectivity index (χ0) is 20.5. The van der Waals surface area contributed by atoms with Crippen molar-refractivity contribution < 1.29 is 26.9 Å². The number of nitro groups is 1. The van der Waals surface area contributed by atoms with E-state index >= 15 is 0 Å². The average Bonchev–Trinajstić information content (AvgIpc) is 3.17. The number of rotatable bonds is 6. The first-order valence-corrected chi connectivity index (χ1v) is 11.1. The number of benzene rings is 2. The van der Waals surface area contributed by atoms with Crippen molar-refractivity contribution in [3.63, 3.8) is 0 Å². The molecule has 1 saturated heterocycles. The molecular formula is C16H17N3O7S2. The molecule has 2 aromatic rings. The number of phenols is 1. The van der Waals surface area contributed by atoms with Gasteiger partial charge in [-0.2, -0.15) is 4.31 Å². The van der Waals surface area contributed by atoms with Crippen LogP contribution in [0.1, 0.15) is 12.8 Å². The highest BCUT2D eigenvalue weighted by Crippen LogP contribution is 2.30. The molecule has 0 aromatic heterocycles. The third kappa shape index (κ3) is 3.93. The van der Waals surface area contributed by atoms with Crippen LogP contribution in [0.2, 0.25) is 0 Å². The maximum Gasteiger partial charge on any atom is 0.312 e. The Morgan fingerprint density at radius 2 is 1.68 bits per heavy atom. The van der Waals surface area contributed by atoms with Crippen LogP contribution in [0.25, 0.3) is 0 Å². The smallest absolute Gasteiger partial charge is 0.312 e. The maximum absolute atomic E-state index is 12.6. The second-order valence-electron chi connectivity index (χ2n) is 6.15. The van der Waals surface area contributed by atoms with Crippen molar-refractivity contribution in [2.75, 3.05) is 17.8 Å². The predicted octanol–water partition coefficient (Wildman–Crippen LogP) is 1.89. The van der Waals surface area contributed by atoms with Crippen molar-refractivity contribution >= 4 is 31.4 Å². The summed E-state index contributed by atoms with van der Waals surface area (Å²) in [6, 6.07) is 7.98. The molecule has 2 N–H and O–H groups in total. The standard InChI is InChI=1S/C16H17N3O7S2/c20-16-7-6-13(11-15(16)19(21)22)27(23,24)17-12-4-3-5-14(10-12)28(25,26)18-8-1-2-9-18/h3-7,10-11,17,20H,1-2,8-9H2. The lowest BCUT2D eigenvalue weighted by Gasteiger charge is -2.16. The molecule has 0 atom stereocenters. The van der Waals surface area contributed by atoms with Crippen molar-refractivity contribution in [3.8, 4) is 5.75 Å². The average molecular weight is 427 g/mol. The van der Waals surface area contributed by atoms with Gasteiger partial charge in [-0.25, -0.2) is 16.8 Å². The minimum atomic E-state index is -4.24. The molecular weight excluding hydrogens is 410 g/mol. The molecule has 3 rings (SSSR count). The Kier molecular flexibility index (Phi) is 5.28. The van der Waals surface area contributed by atoms with Crippen LogP contribution >= 0.6 is 0 Å². The number of nitro benzene ring substituents is 1. The first-order chi connectivity index (χ1) is 13.1. The molecule has 0 saturated carbocycles. The van der Waals surface area contributed by atoms with Crippen LogP contribution in [0, 0.1) is 10.1 Å². The van der Waals surface area contributed by atoms with E-state index in [0.717, 1.165) is 31.0 Å². The minimum absolute atomic E-state index is 0.00370. The zero-order valence-corrected chi connectivity index (χ0v) is 16.1. The topological polar surface area (TPSA) is 147 Å². The van der Waals surface area contributed by atoms with E-state index in [-0.39, 0.29) is 10.6 Å². The SMILES string of the molecule is O=[N+]([O-])c1cc(S(=O)(=O)Nc2cccc(S(=O)(=O)N3CCCC3)c2)ccc1O. The first-order valence-electron chi connectivity index (χ1n) is 8.22. The van der Waals surface area contributed by atoms with Crippen LogP contribution in [-0.2, 0) is 20.0 Å². The molecule has 2 aromatic carbocycles. The van der Waals surface area contributed by atoms with E-state index in [9.17, 15) is 32.1 Å². The Balaban J connectivity index is 1.91. The number of anilines is 1. The number of sulfonamides is 2. The summed E-state index contributed by atoms with van der Waals surface area (Å²) in [6.45, 7) is 0.824. The highest BCUT2D eigenvalue weighted by atomic mass is 32.2. The van der Waals surface area contributed by atoms with Crippen LogP contribution in [0.15, 0.2) is 52.3 Å². The Morgan fingerprint density at radius 3 is 2.32 bits per heavy atom. The fourth-order valence-electron chi connectivity index (χ4n) is 2.83. The lowest BCUT2D eigenvalue weighted by molar-refractivity contribution is -0.386. The van der Waals surface area contributed by atoms with E-state index in [1.54, 1.807) is 0 Å². The van der Waals surface area contributed by atoms with Crippen LogP contribution < -0.4 is 4.72 Å². The third-order valence-electron chi connectivity index (χ3n) is 4.24. The molecule has 0 radical (unpaired) electrons. The van der Waals surface area contributed by atoms with Crippen LogP contribution in [0.3, 0.4) is 0 Å². The van der Waals surface area contributed by atoms with Gasteiger partial charge in [0.05, 0.1) is 20.4 Å². The van der Waals surface area contributed by atoms with Crippen LogP contribution in [0.4, 0.5) is 11.4 Å². The van der Waals surface area contributed by atoms with Gasteiger partial charge in [-0.1, -0.05) is 6.07 Å². The highest BCUT2D eigenvalue weighted by Gasteiger charge is 2.28. The molecule has 1 heterocycles. The molecule has 10 nitrogen and oxygen atoms in total. The van der Waals surface area contributed by atoms with Gasteiger partial charge in [0.25, 0.3) is 10.0 Å². The minimum Gasteiger partial charge on any atom is -0.502 e. The number of nitrogens with one attached hydrogen (secondary N) is 1. The van der Waals surface area contributed by atoms with E-state index in [1.165, 1.54) is 28.6 Å². The van der Waals surface area contributed by atoms with Gasteiger partial charge in [-0.15, -0.1) is 0 Å².